The molecule has 3 heterocycles. The highest BCUT2D eigenvalue weighted by molar-refractivity contribution is 8.77. The van der Waals surface area contributed by atoms with Gasteiger partial charge in [-0.05, 0) is 138 Å². The number of aromatic nitrogens is 2. The Kier molecular flexibility index (Phi) is 30.3. The van der Waals surface area contributed by atoms with E-state index in [4.69, 9.17) is 9.47 Å². The maximum absolute atomic E-state index is 15.3. The molecular formula is C69H92N12O14S4. The van der Waals surface area contributed by atoms with Crippen LogP contribution in [0.5, 0.6) is 5.75 Å². The van der Waals surface area contributed by atoms with Gasteiger partial charge in [0.2, 0.25) is 47.3 Å². The van der Waals surface area contributed by atoms with Crippen LogP contribution in [-0.4, -0.2) is 175 Å². The first-order valence-corrected chi connectivity index (χ1v) is 37.9. The number of unbranched alkanes of at least 4 members (excludes halogenated alkanes) is 1. The molecule has 2 fully saturated rings. The molecule has 0 unspecified atom stereocenters. The Bertz CT molecular complexity index is 3520. The van der Waals surface area contributed by atoms with Gasteiger partial charge in [-0.1, -0.05) is 118 Å². The van der Waals surface area contributed by atoms with Crippen molar-refractivity contribution >= 4 is 114 Å². The van der Waals surface area contributed by atoms with Crippen molar-refractivity contribution < 1.29 is 67.6 Å². The maximum atomic E-state index is 15.3. The average Bonchev–Trinajstić information content (AvgIpc) is 1.74. The van der Waals surface area contributed by atoms with E-state index in [1.165, 1.54) is 52.8 Å². The number of phenols is 1. The van der Waals surface area contributed by atoms with E-state index in [-0.39, 0.29) is 74.1 Å². The number of pyridine rings is 1. The van der Waals surface area contributed by atoms with E-state index >= 15 is 14.4 Å². The third-order valence-electron chi connectivity index (χ3n) is 15.7. The molecule has 10 amide bonds. The number of para-hydroxylation sites is 1. The molecule has 1 saturated heterocycles. The Morgan fingerprint density at radius 3 is 1.96 bits per heavy atom. The average molecular weight is 1440 g/mol. The number of alkyl carbamates (subject to hydrolysis) is 2. The normalized spacial score (nSPS) is 20.5. The molecule has 1 aliphatic heterocycles. The molecule has 1 aliphatic carbocycles. The van der Waals surface area contributed by atoms with Crippen molar-refractivity contribution in [2.45, 2.75) is 196 Å². The van der Waals surface area contributed by atoms with Gasteiger partial charge < -0.3 is 77.8 Å². The van der Waals surface area contributed by atoms with E-state index in [1.54, 1.807) is 102 Å². The quantitative estimate of drug-likeness (QED) is 0.0266. The third kappa shape index (κ3) is 26.8. The summed E-state index contributed by atoms with van der Waals surface area (Å²) in [6.07, 6.45) is 4.16. The summed E-state index contributed by atoms with van der Waals surface area (Å²) in [6.45, 7) is 11.4. The van der Waals surface area contributed by atoms with Crippen molar-refractivity contribution in [2.75, 3.05) is 23.8 Å². The van der Waals surface area contributed by atoms with Crippen LogP contribution in [0.1, 0.15) is 117 Å². The van der Waals surface area contributed by atoms with Gasteiger partial charge >= 0.3 is 12.2 Å². The van der Waals surface area contributed by atoms with Crippen LogP contribution in [0.4, 0.5) is 9.59 Å². The van der Waals surface area contributed by atoms with Crippen molar-refractivity contribution in [3.63, 3.8) is 0 Å². The van der Waals surface area contributed by atoms with Crippen LogP contribution in [0.2, 0.25) is 0 Å². The standard InChI is InChI=1S/C69H92N12O14S4/c1-41(82)57-65(91)79-54(64(90)78-55(40-98-99-56-27-17-19-32-70-56)62(88)73-45-22-12-9-13-23-45)39-97-96-38-53(77-60(86)51(34-42-20-10-8-11-21-42)80-67(93)95-69(5,6)7)63(89)75-50(35-43-28-30-46(83)31-29-43)59(85)76-52(36-44-37-72-48-25-15-14-24-47(44)48)61(87)74-49(58(84)81-57)26-16-18-33-71-66(92)94-68(2,3)4/h8,10-11,14-15,17,19-21,24-25,27-32,37,41,45,49-55,57,72,82-83H,9,12-13,16,18,22-23,26,33-36,38-40H2,1-7H3,(H,71,92)(H,73,88)(H,74,87)(H,75,89)(H,76,85)(H,77,86)(H,78,90)(H,79,91)(H,80,93)(H,81,84)/t41-,49+,50+,51-,52-,53+,54+,55+,57+/m1/s1. The maximum Gasteiger partial charge on any atom is 0.408 e. The minimum absolute atomic E-state index is 0.0452. The number of aliphatic hydroxyl groups is 1. The second-order valence-corrected chi connectivity index (χ2v) is 31.2. The van der Waals surface area contributed by atoms with Crippen molar-refractivity contribution in [1.29, 1.82) is 0 Å². The second kappa shape index (κ2) is 38.4. The Labute approximate surface area is 592 Å². The van der Waals surface area contributed by atoms with Gasteiger partial charge in [-0.3, -0.25) is 38.4 Å². The van der Waals surface area contributed by atoms with E-state index in [0.29, 0.717) is 32.6 Å². The predicted octanol–water partition coefficient (Wildman–Crippen LogP) is 5.94. The Morgan fingerprint density at radius 2 is 1.27 bits per heavy atom. The highest BCUT2D eigenvalue weighted by atomic mass is 33.1. The van der Waals surface area contributed by atoms with Crippen molar-refractivity contribution in [3.8, 4) is 5.75 Å². The fraction of sp³-hybridized carbons (Fsp3) is 0.493. The molecule has 5 aromatic rings. The number of rotatable bonds is 23. The van der Waals surface area contributed by atoms with Gasteiger partial charge in [0.25, 0.3) is 0 Å². The van der Waals surface area contributed by atoms with Crippen molar-refractivity contribution in [3.05, 3.63) is 126 Å². The number of H-pyrrole nitrogens is 1. The summed E-state index contributed by atoms with van der Waals surface area (Å²) < 4.78 is 11.0. The molecular weight excluding hydrogens is 1350 g/mol. The summed E-state index contributed by atoms with van der Waals surface area (Å²) in [7, 11) is 4.52. The van der Waals surface area contributed by atoms with Crippen LogP contribution in [0.15, 0.2) is 114 Å². The van der Waals surface area contributed by atoms with E-state index in [2.05, 4.69) is 63.1 Å². The number of ether oxygens (including phenoxy) is 2. The number of amides is 10. The number of nitrogens with one attached hydrogen (secondary N) is 11. The van der Waals surface area contributed by atoms with Gasteiger partial charge in [0, 0.05) is 72.4 Å². The van der Waals surface area contributed by atoms with Gasteiger partial charge in [0.15, 0.2) is 0 Å². The van der Waals surface area contributed by atoms with E-state index in [0.717, 1.165) is 53.7 Å². The van der Waals surface area contributed by atoms with E-state index in [1.807, 2.05) is 24.3 Å². The number of carbonyl (C=O) groups excluding carboxylic acids is 10. The number of fused-ring (bicyclic) bond motifs is 1. The molecule has 0 spiro atoms. The molecule has 1 saturated carbocycles. The number of carbonyl (C=O) groups is 10. The van der Waals surface area contributed by atoms with Crippen LogP contribution in [-0.2, 0) is 67.1 Å². The monoisotopic (exact) mass is 1440 g/mol. The Balaban J connectivity index is 1.29. The number of phenolic OH excluding ortho intramolecular Hbond substituents is 1. The highest BCUT2D eigenvalue weighted by Crippen LogP contribution is 2.30. The van der Waals surface area contributed by atoms with Gasteiger partial charge in [-0.15, -0.1) is 0 Å². The van der Waals surface area contributed by atoms with E-state index in [9.17, 15) is 43.8 Å². The fourth-order valence-corrected chi connectivity index (χ4v) is 15.1. The zero-order chi connectivity index (χ0) is 71.7. The Morgan fingerprint density at radius 1 is 0.646 bits per heavy atom. The molecule has 536 valence electrons. The first-order chi connectivity index (χ1) is 47.2. The predicted molar refractivity (Wildman–Crippen MR) is 383 cm³/mol. The molecule has 9 atom stereocenters. The zero-order valence-electron chi connectivity index (χ0n) is 56.6. The topological polar surface area (TPSA) is 379 Å². The smallest absolute Gasteiger partial charge is 0.408 e. The zero-order valence-corrected chi connectivity index (χ0v) is 59.9. The number of hydrogen-bond acceptors (Lipinski definition) is 19. The molecule has 99 heavy (non-hydrogen) atoms. The molecule has 2 aromatic heterocycles. The first kappa shape index (κ1) is 78.2. The summed E-state index contributed by atoms with van der Waals surface area (Å²) in [4.78, 5) is 153. The molecule has 3 aromatic carbocycles. The van der Waals surface area contributed by atoms with Crippen LogP contribution in [0.3, 0.4) is 0 Å². The fourth-order valence-electron chi connectivity index (χ4n) is 10.7. The van der Waals surface area contributed by atoms with Gasteiger partial charge in [0.1, 0.15) is 70.3 Å². The summed E-state index contributed by atoms with van der Waals surface area (Å²) >= 11 is 0. The third-order valence-corrected chi connectivity index (χ3v) is 20.4. The van der Waals surface area contributed by atoms with Crippen molar-refractivity contribution in [1.82, 2.24) is 63.1 Å². The Hall–Kier alpha value is -8.19. The van der Waals surface area contributed by atoms with Gasteiger partial charge in [0.05, 0.1) is 6.10 Å². The minimum Gasteiger partial charge on any atom is -0.508 e. The lowest BCUT2D eigenvalue weighted by atomic mass is 9.95. The highest BCUT2D eigenvalue weighted by Gasteiger charge is 2.38. The lowest BCUT2D eigenvalue weighted by Gasteiger charge is -2.30. The lowest BCUT2D eigenvalue weighted by Crippen LogP contribution is -2.62. The summed E-state index contributed by atoms with van der Waals surface area (Å²) in [6, 6.07) is 15.2. The number of aliphatic hydroxyl groups excluding tert-OH is 1. The van der Waals surface area contributed by atoms with Crippen molar-refractivity contribution in [2.24, 2.45) is 0 Å². The number of benzene rings is 3. The van der Waals surface area contributed by atoms with Crippen LogP contribution in [0, 0.1) is 0 Å². The summed E-state index contributed by atoms with van der Waals surface area (Å²) in [5.41, 5.74) is 0.593. The SMILES string of the molecule is C[C@@H](O)[C@@H]1NC(=O)[C@H](CCCCNC(=O)OC(C)(C)C)NC(=O)[C@@H](Cc2c[nH]c3ccccc23)NC(=O)[C@H](Cc2ccc(O)cc2)NC(=O)[C@@H](NC(=O)[C@@H](Cc2ccccc2)NC(=O)OC(C)(C)C)CSSC[C@@H](C(=O)N[C@@H](CSSc2ccccn2)C(=O)NC2CCCCC2)NC1=O. The number of hydrogen-bond donors (Lipinski definition) is 13. The van der Waals surface area contributed by atoms with Gasteiger partial charge in [-0.2, -0.15) is 0 Å². The molecule has 30 heteroatoms. The second-order valence-electron chi connectivity index (χ2n) is 26.3. The van der Waals surface area contributed by atoms with Gasteiger partial charge in [-0.25, -0.2) is 14.6 Å². The van der Waals surface area contributed by atoms with Crippen LogP contribution < -0.4 is 53.2 Å². The van der Waals surface area contributed by atoms with Crippen LogP contribution >= 0.6 is 43.2 Å². The summed E-state index contributed by atoms with van der Waals surface area (Å²) in [5.74, 6) is -7.45. The summed E-state index contributed by atoms with van der Waals surface area (Å²) in [5, 5.41) is 50.9. The largest absolute Gasteiger partial charge is 0.508 e. The molecule has 0 radical (unpaired) electrons. The lowest BCUT2D eigenvalue weighted by molar-refractivity contribution is -0.136. The number of aromatic amines is 1. The number of aromatic hydroxyl groups is 1. The first-order valence-electron chi connectivity index (χ1n) is 33.1. The van der Waals surface area contributed by atoms with Crippen LogP contribution in [0.25, 0.3) is 10.9 Å². The molecule has 0 bridgehead atoms. The molecule has 2 aliphatic rings. The molecule has 26 nitrogen and oxygen atoms in total. The molecule has 7 rings (SSSR count). The number of nitrogens with zero attached hydrogens (tertiary/aromatic N) is 1. The van der Waals surface area contributed by atoms with E-state index < -0.39 is 125 Å². The minimum atomic E-state index is -1.79. The molecule has 13 N–H and O–H groups in total.